The van der Waals surface area contributed by atoms with Crippen molar-refractivity contribution in [2.45, 2.75) is 6.42 Å². The monoisotopic (exact) mass is 282 g/mol. The highest BCUT2D eigenvalue weighted by atomic mass is 35.5. The fraction of sp³-hybridized carbons (Fsp3) is 0.0714. The summed E-state index contributed by atoms with van der Waals surface area (Å²) in [5.74, 6) is -0.609. The number of carbonyl (C=O) groups excluding carboxylic acids is 1. The topological polar surface area (TPSA) is 17.1 Å². The van der Waals surface area contributed by atoms with Gasteiger partial charge in [0.2, 0.25) is 0 Å². The molecule has 0 bridgehead atoms. The van der Waals surface area contributed by atoms with Crippen LogP contribution < -0.4 is 0 Å². The maximum Gasteiger partial charge on any atom is 0.167 e. The van der Waals surface area contributed by atoms with Crippen molar-refractivity contribution >= 4 is 29.0 Å². The van der Waals surface area contributed by atoms with Crippen LogP contribution in [0.2, 0.25) is 10.0 Å². The standard InChI is InChI=1S/C14H9Cl2FO/c15-11-5-4-9(13(16)8-11)7-14(18)10-2-1-3-12(17)6-10/h1-6,8H,7H2. The average molecular weight is 283 g/mol. The number of ketones is 1. The van der Waals surface area contributed by atoms with Crippen molar-refractivity contribution in [2.24, 2.45) is 0 Å². The molecule has 4 heteroatoms. The summed E-state index contributed by atoms with van der Waals surface area (Å²) >= 11 is 11.8. The van der Waals surface area contributed by atoms with Crippen molar-refractivity contribution in [3.05, 3.63) is 69.5 Å². The Bertz CT molecular complexity index is 596. The summed E-state index contributed by atoms with van der Waals surface area (Å²) in [5, 5.41) is 0.953. The maximum absolute atomic E-state index is 13.0. The van der Waals surface area contributed by atoms with Crippen LogP contribution >= 0.6 is 23.2 Å². The average Bonchev–Trinajstić information content (AvgIpc) is 2.32. The van der Waals surface area contributed by atoms with E-state index in [-0.39, 0.29) is 12.2 Å². The molecule has 0 saturated heterocycles. The van der Waals surface area contributed by atoms with Gasteiger partial charge in [-0.3, -0.25) is 4.79 Å². The number of benzene rings is 2. The molecule has 2 aromatic carbocycles. The lowest BCUT2D eigenvalue weighted by molar-refractivity contribution is 0.0992. The summed E-state index contributed by atoms with van der Waals surface area (Å²) in [7, 11) is 0. The molecule has 0 aliphatic rings. The van der Waals surface area contributed by atoms with Gasteiger partial charge in [0.05, 0.1) is 0 Å². The lowest BCUT2D eigenvalue weighted by atomic mass is 10.0. The molecule has 0 atom stereocenters. The van der Waals surface area contributed by atoms with Crippen LogP contribution in [-0.4, -0.2) is 5.78 Å². The fourth-order valence-corrected chi connectivity index (χ4v) is 2.08. The zero-order valence-corrected chi connectivity index (χ0v) is 10.8. The highest BCUT2D eigenvalue weighted by Crippen LogP contribution is 2.22. The van der Waals surface area contributed by atoms with Crippen molar-refractivity contribution in [1.29, 1.82) is 0 Å². The van der Waals surface area contributed by atoms with Crippen molar-refractivity contribution in [3.8, 4) is 0 Å². The molecule has 0 heterocycles. The number of halogens is 3. The molecule has 0 unspecified atom stereocenters. The van der Waals surface area contributed by atoms with Gasteiger partial charge in [-0.25, -0.2) is 4.39 Å². The highest BCUT2D eigenvalue weighted by Gasteiger charge is 2.10. The van der Waals surface area contributed by atoms with Gasteiger partial charge in [0.1, 0.15) is 5.82 Å². The lowest BCUT2D eigenvalue weighted by Gasteiger charge is -2.04. The summed E-state index contributed by atoms with van der Waals surface area (Å²) in [4.78, 5) is 11.9. The molecule has 0 aromatic heterocycles. The Hall–Kier alpha value is -1.38. The first-order valence-corrected chi connectivity index (χ1v) is 6.04. The quantitative estimate of drug-likeness (QED) is 0.755. The van der Waals surface area contributed by atoms with Crippen LogP contribution in [0.1, 0.15) is 15.9 Å². The van der Waals surface area contributed by atoms with Gasteiger partial charge in [0.25, 0.3) is 0 Å². The predicted octanol–water partition coefficient (Wildman–Crippen LogP) is 4.56. The molecular weight excluding hydrogens is 274 g/mol. The second-order valence-corrected chi connectivity index (χ2v) is 4.69. The van der Waals surface area contributed by atoms with Gasteiger partial charge >= 0.3 is 0 Å². The summed E-state index contributed by atoms with van der Waals surface area (Å²) < 4.78 is 13.0. The first kappa shape index (κ1) is 13.1. The Labute approximate surface area is 114 Å². The number of hydrogen-bond acceptors (Lipinski definition) is 1. The summed E-state index contributed by atoms with van der Waals surface area (Å²) in [6, 6.07) is 10.5. The normalized spacial score (nSPS) is 10.4. The minimum absolute atomic E-state index is 0.124. The molecule has 18 heavy (non-hydrogen) atoms. The van der Waals surface area contributed by atoms with E-state index in [0.717, 1.165) is 0 Å². The van der Waals surface area contributed by atoms with Crippen LogP contribution in [0.5, 0.6) is 0 Å². The third-order valence-electron chi connectivity index (χ3n) is 2.51. The van der Waals surface area contributed by atoms with Crippen LogP contribution in [0.4, 0.5) is 4.39 Å². The van der Waals surface area contributed by atoms with Gasteiger partial charge in [0.15, 0.2) is 5.78 Å². The molecule has 2 aromatic rings. The Morgan fingerprint density at radius 2 is 1.89 bits per heavy atom. The van der Waals surface area contributed by atoms with Crippen molar-refractivity contribution in [1.82, 2.24) is 0 Å². The van der Waals surface area contributed by atoms with E-state index >= 15 is 0 Å². The Balaban J connectivity index is 2.21. The van der Waals surface area contributed by atoms with Crippen molar-refractivity contribution in [2.75, 3.05) is 0 Å². The Kier molecular flexibility index (Phi) is 4.00. The Morgan fingerprint density at radius 1 is 1.11 bits per heavy atom. The van der Waals surface area contributed by atoms with Gasteiger partial charge in [-0.15, -0.1) is 0 Å². The lowest BCUT2D eigenvalue weighted by Crippen LogP contribution is -2.04. The van der Waals surface area contributed by atoms with E-state index in [0.29, 0.717) is 21.2 Å². The molecule has 1 nitrogen and oxygen atoms in total. The maximum atomic E-state index is 13.0. The number of Topliss-reactive ketones (excluding diaryl/α,β-unsaturated/α-hetero) is 1. The molecule has 0 N–H and O–H groups in total. The largest absolute Gasteiger partial charge is 0.294 e. The van der Waals surface area contributed by atoms with E-state index in [1.54, 1.807) is 24.3 Å². The molecule has 0 radical (unpaired) electrons. The first-order valence-electron chi connectivity index (χ1n) is 5.29. The zero-order chi connectivity index (χ0) is 13.1. The second-order valence-electron chi connectivity index (χ2n) is 3.85. The summed E-state index contributed by atoms with van der Waals surface area (Å²) in [6.07, 6.45) is 0.124. The van der Waals surface area contributed by atoms with E-state index < -0.39 is 5.82 Å². The SMILES string of the molecule is O=C(Cc1ccc(Cl)cc1Cl)c1cccc(F)c1. The van der Waals surface area contributed by atoms with Gasteiger partial charge < -0.3 is 0 Å². The fourth-order valence-electron chi connectivity index (χ4n) is 1.60. The van der Waals surface area contributed by atoms with Crippen LogP contribution in [-0.2, 0) is 6.42 Å². The van der Waals surface area contributed by atoms with E-state index in [2.05, 4.69) is 0 Å². The van der Waals surface area contributed by atoms with Crippen LogP contribution in [0.25, 0.3) is 0 Å². The molecule has 92 valence electrons. The molecule has 0 amide bonds. The third kappa shape index (κ3) is 3.09. The molecule has 2 rings (SSSR count). The summed E-state index contributed by atoms with van der Waals surface area (Å²) in [5.41, 5.74) is 1.01. The van der Waals surface area contributed by atoms with Gasteiger partial charge in [-0.1, -0.05) is 41.4 Å². The third-order valence-corrected chi connectivity index (χ3v) is 3.10. The minimum atomic E-state index is -0.428. The highest BCUT2D eigenvalue weighted by molar-refractivity contribution is 6.35. The number of rotatable bonds is 3. The predicted molar refractivity (Wildman–Crippen MR) is 70.9 cm³/mol. The molecule has 0 aliphatic heterocycles. The van der Waals surface area contributed by atoms with Gasteiger partial charge in [0, 0.05) is 22.0 Å². The molecular formula is C14H9Cl2FO. The second kappa shape index (κ2) is 5.51. The smallest absolute Gasteiger partial charge is 0.167 e. The van der Waals surface area contributed by atoms with Gasteiger partial charge in [-0.05, 0) is 29.8 Å². The number of hydrogen-bond donors (Lipinski definition) is 0. The molecule has 0 fully saturated rings. The van der Waals surface area contributed by atoms with E-state index in [9.17, 15) is 9.18 Å². The van der Waals surface area contributed by atoms with Crippen LogP contribution in [0.15, 0.2) is 42.5 Å². The first-order chi connectivity index (χ1) is 8.56. The molecule has 0 aliphatic carbocycles. The van der Waals surface area contributed by atoms with E-state index in [1.807, 2.05) is 0 Å². The van der Waals surface area contributed by atoms with E-state index in [1.165, 1.54) is 18.2 Å². The van der Waals surface area contributed by atoms with Crippen LogP contribution in [0, 0.1) is 5.82 Å². The van der Waals surface area contributed by atoms with Crippen molar-refractivity contribution in [3.63, 3.8) is 0 Å². The minimum Gasteiger partial charge on any atom is -0.294 e. The number of carbonyl (C=O) groups is 1. The van der Waals surface area contributed by atoms with Gasteiger partial charge in [-0.2, -0.15) is 0 Å². The Morgan fingerprint density at radius 3 is 2.56 bits per heavy atom. The molecule has 0 saturated carbocycles. The summed E-state index contributed by atoms with van der Waals surface area (Å²) in [6.45, 7) is 0. The molecule has 0 spiro atoms. The van der Waals surface area contributed by atoms with Crippen LogP contribution in [0.3, 0.4) is 0 Å². The van der Waals surface area contributed by atoms with E-state index in [4.69, 9.17) is 23.2 Å². The zero-order valence-electron chi connectivity index (χ0n) is 9.29. The van der Waals surface area contributed by atoms with Crippen molar-refractivity contribution < 1.29 is 9.18 Å².